The summed E-state index contributed by atoms with van der Waals surface area (Å²) in [6.45, 7) is 1.23. The van der Waals surface area contributed by atoms with Gasteiger partial charge in [0.15, 0.2) is 5.78 Å². The minimum absolute atomic E-state index is 0.107. The van der Waals surface area contributed by atoms with Gasteiger partial charge in [0, 0.05) is 22.7 Å². The van der Waals surface area contributed by atoms with Gasteiger partial charge in [-0.2, -0.15) is 0 Å². The first-order valence-corrected chi connectivity index (χ1v) is 6.30. The summed E-state index contributed by atoms with van der Waals surface area (Å²) in [4.78, 5) is 34.3. The normalized spacial score (nSPS) is 11.8. The van der Waals surface area contributed by atoms with Crippen LogP contribution in [0.2, 0.25) is 5.02 Å². The fourth-order valence-corrected chi connectivity index (χ4v) is 1.71. The molecule has 1 rings (SSSR count). The van der Waals surface area contributed by atoms with E-state index in [1.54, 1.807) is 0 Å². The van der Waals surface area contributed by atoms with Crippen LogP contribution in [0.3, 0.4) is 0 Å². The molecule has 0 aliphatic carbocycles. The summed E-state index contributed by atoms with van der Waals surface area (Å²) in [5, 5.41) is 2.76. The van der Waals surface area contributed by atoms with E-state index in [1.165, 1.54) is 25.1 Å². The highest BCUT2D eigenvalue weighted by molar-refractivity contribution is 6.31. The van der Waals surface area contributed by atoms with Gasteiger partial charge in [0.1, 0.15) is 5.78 Å². The fourth-order valence-electron chi connectivity index (χ4n) is 1.53. The third-order valence-corrected chi connectivity index (χ3v) is 2.80. The van der Waals surface area contributed by atoms with Crippen molar-refractivity contribution >= 4 is 34.8 Å². The van der Waals surface area contributed by atoms with E-state index < -0.39 is 11.9 Å². The number of rotatable bonds is 6. The van der Waals surface area contributed by atoms with Crippen LogP contribution < -0.4 is 16.8 Å². The SMILES string of the molecule is CC(=O)CNC(=O)C(N)CC(=O)c1ccc(Cl)cc1N. The van der Waals surface area contributed by atoms with Gasteiger partial charge in [-0.1, -0.05) is 11.6 Å². The number of hydrogen-bond donors (Lipinski definition) is 3. The molecule has 0 radical (unpaired) electrons. The third-order valence-electron chi connectivity index (χ3n) is 2.57. The predicted molar refractivity (Wildman–Crippen MR) is 76.5 cm³/mol. The molecule has 1 aromatic rings. The van der Waals surface area contributed by atoms with E-state index in [0.29, 0.717) is 5.02 Å². The second-order valence-electron chi connectivity index (χ2n) is 4.39. The second-order valence-corrected chi connectivity index (χ2v) is 4.82. The van der Waals surface area contributed by atoms with Crippen molar-refractivity contribution < 1.29 is 14.4 Å². The summed E-state index contributed by atoms with van der Waals surface area (Å²) in [7, 11) is 0. The second kappa shape index (κ2) is 7.02. The minimum Gasteiger partial charge on any atom is -0.398 e. The van der Waals surface area contributed by atoms with E-state index in [0.717, 1.165) is 0 Å². The molecule has 5 N–H and O–H groups in total. The Balaban J connectivity index is 2.65. The van der Waals surface area contributed by atoms with E-state index in [1.807, 2.05) is 0 Å². The molecule has 6 nitrogen and oxygen atoms in total. The zero-order valence-electron chi connectivity index (χ0n) is 11.0. The van der Waals surface area contributed by atoms with Gasteiger partial charge in [-0.25, -0.2) is 0 Å². The van der Waals surface area contributed by atoms with Crippen molar-refractivity contribution in [2.24, 2.45) is 5.73 Å². The highest BCUT2D eigenvalue weighted by Crippen LogP contribution is 2.19. The number of anilines is 1. The quantitative estimate of drug-likeness (QED) is 0.523. The molecule has 1 unspecified atom stereocenters. The lowest BCUT2D eigenvalue weighted by Crippen LogP contribution is -2.43. The van der Waals surface area contributed by atoms with Crippen molar-refractivity contribution in [2.75, 3.05) is 12.3 Å². The van der Waals surface area contributed by atoms with Crippen LogP contribution in [0.15, 0.2) is 18.2 Å². The molecule has 7 heteroatoms. The summed E-state index contributed by atoms with van der Waals surface area (Å²) in [5.41, 5.74) is 11.8. The van der Waals surface area contributed by atoms with Crippen molar-refractivity contribution in [3.63, 3.8) is 0 Å². The van der Waals surface area contributed by atoms with Crippen LogP contribution >= 0.6 is 11.6 Å². The van der Waals surface area contributed by atoms with Gasteiger partial charge in [-0.15, -0.1) is 0 Å². The number of halogens is 1. The zero-order chi connectivity index (χ0) is 15.3. The number of amides is 1. The minimum atomic E-state index is -1.03. The molecule has 0 aliphatic rings. The number of carbonyl (C=O) groups excluding carboxylic acids is 3. The molecule has 1 amide bonds. The molecule has 0 heterocycles. The molecular weight excluding hydrogens is 282 g/mol. The molecule has 0 saturated carbocycles. The average Bonchev–Trinajstić information content (AvgIpc) is 2.35. The molecule has 0 fully saturated rings. The number of nitrogen functional groups attached to an aromatic ring is 1. The van der Waals surface area contributed by atoms with Crippen LogP contribution in [-0.4, -0.2) is 30.1 Å². The summed E-state index contributed by atoms with van der Waals surface area (Å²) >= 11 is 5.74. The topological polar surface area (TPSA) is 115 Å². The highest BCUT2D eigenvalue weighted by Gasteiger charge is 2.20. The summed E-state index contributed by atoms with van der Waals surface area (Å²) in [5.74, 6) is -1.11. The van der Waals surface area contributed by atoms with Crippen LogP contribution in [-0.2, 0) is 9.59 Å². The Morgan fingerprint density at radius 2 is 2.00 bits per heavy atom. The van der Waals surface area contributed by atoms with E-state index in [4.69, 9.17) is 23.1 Å². The molecule has 1 atom stereocenters. The van der Waals surface area contributed by atoms with Gasteiger partial charge in [0.2, 0.25) is 5.91 Å². The maximum Gasteiger partial charge on any atom is 0.237 e. The van der Waals surface area contributed by atoms with Crippen LogP contribution in [0.5, 0.6) is 0 Å². The van der Waals surface area contributed by atoms with Gasteiger partial charge in [0.05, 0.1) is 12.6 Å². The monoisotopic (exact) mass is 297 g/mol. The first kappa shape index (κ1) is 16.1. The van der Waals surface area contributed by atoms with Crippen LogP contribution in [0, 0.1) is 0 Å². The number of carbonyl (C=O) groups is 3. The van der Waals surface area contributed by atoms with Gasteiger partial charge in [-0.05, 0) is 25.1 Å². The molecule has 108 valence electrons. The van der Waals surface area contributed by atoms with Crippen molar-refractivity contribution in [2.45, 2.75) is 19.4 Å². The van der Waals surface area contributed by atoms with E-state index in [2.05, 4.69) is 5.32 Å². The number of ketones is 2. The Labute approximate surface area is 121 Å². The van der Waals surface area contributed by atoms with Crippen molar-refractivity contribution in [3.8, 4) is 0 Å². The Hall–Kier alpha value is -1.92. The van der Waals surface area contributed by atoms with Crippen LogP contribution in [0.1, 0.15) is 23.7 Å². The first-order valence-electron chi connectivity index (χ1n) is 5.92. The van der Waals surface area contributed by atoms with Gasteiger partial charge < -0.3 is 16.8 Å². The highest BCUT2D eigenvalue weighted by atomic mass is 35.5. The standard InChI is InChI=1S/C13H16ClN3O3/c1-7(18)6-17-13(20)11(16)5-12(19)9-3-2-8(14)4-10(9)15/h2-4,11H,5-6,15-16H2,1H3,(H,17,20). The maximum absolute atomic E-state index is 12.0. The number of benzene rings is 1. The number of hydrogen-bond acceptors (Lipinski definition) is 5. The Kier molecular flexibility index (Phi) is 5.66. The largest absolute Gasteiger partial charge is 0.398 e. The molecule has 0 bridgehead atoms. The van der Waals surface area contributed by atoms with E-state index in [9.17, 15) is 14.4 Å². The lowest BCUT2D eigenvalue weighted by atomic mass is 10.0. The summed E-state index contributed by atoms with van der Waals surface area (Å²) < 4.78 is 0. The van der Waals surface area contributed by atoms with Gasteiger partial charge in [0.25, 0.3) is 0 Å². The molecule has 1 aromatic carbocycles. The molecule has 0 aliphatic heterocycles. The number of nitrogens with two attached hydrogens (primary N) is 2. The van der Waals surface area contributed by atoms with Crippen molar-refractivity contribution in [1.29, 1.82) is 0 Å². The van der Waals surface area contributed by atoms with E-state index in [-0.39, 0.29) is 35.8 Å². The molecule has 20 heavy (non-hydrogen) atoms. The average molecular weight is 298 g/mol. The maximum atomic E-state index is 12.0. The smallest absolute Gasteiger partial charge is 0.237 e. The molecule has 0 saturated heterocycles. The van der Waals surface area contributed by atoms with E-state index >= 15 is 0 Å². The van der Waals surface area contributed by atoms with Crippen LogP contribution in [0.4, 0.5) is 5.69 Å². The molecule has 0 spiro atoms. The lowest BCUT2D eigenvalue weighted by Gasteiger charge is -2.11. The third kappa shape index (κ3) is 4.64. The van der Waals surface area contributed by atoms with Crippen molar-refractivity contribution in [1.82, 2.24) is 5.32 Å². The number of nitrogens with one attached hydrogen (secondary N) is 1. The molecular formula is C13H16ClN3O3. The lowest BCUT2D eigenvalue weighted by molar-refractivity contribution is -0.125. The summed E-state index contributed by atoms with van der Waals surface area (Å²) in [6, 6.07) is 3.44. The van der Waals surface area contributed by atoms with Gasteiger partial charge in [-0.3, -0.25) is 14.4 Å². The Bertz CT molecular complexity index is 546. The Morgan fingerprint density at radius 1 is 1.35 bits per heavy atom. The predicted octanol–water partition coefficient (Wildman–Crippen LogP) is 0.528. The Morgan fingerprint density at radius 3 is 2.55 bits per heavy atom. The van der Waals surface area contributed by atoms with Gasteiger partial charge >= 0.3 is 0 Å². The first-order chi connectivity index (χ1) is 9.31. The zero-order valence-corrected chi connectivity index (χ0v) is 11.7. The fraction of sp³-hybridized carbons (Fsp3) is 0.308. The van der Waals surface area contributed by atoms with Crippen LogP contribution in [0.25, 0.3) is 0 Å². The van der Waals surface area contributed by atoms with Crippen molar-refractivity contribution in [3.05, 3.63) is 28.8 Å². The summed E-state index contributed by atoms with van der Waals surface area (Å²) in [6.07, 6.45) is -0.199. The molecule has 0 aromatic heterocycles. The number of Topliss-reactive ketones (excluding diaryl/α,β-unsaturated/α-hetero) is 2.